The molecule has 1 heterocycles. The van der Waals surface area contributed by atoms with Crippen molar-refractivity contribution < 1.29 is 4.74 Å². The molecule has 1 fully saturated rings. The Morgan fingerprint density at radius 2 is 1.94 bits per heavy atom. The Labute approximate surface area is 107 Å². The van der Waals surface area contributed by atoms with Crippen molar-refractivity contribution in [3.8, 4) is 0 Å². The fraction of sp³-hybridized carbons (Fsp3) is 1.00. The maximum atomic E-state index is 6.29. The molecule has 0 amide bonds. The fourth-order valence-corrected chi connectivity index (χ4v) is 2.58. The van der Waals surface area contributed by atoms with Gasteiger partial charge in [-0.2, -0.15) is 0 Å². The summed E-state index contributed by atoms with van der Waals surface area (Å²) in [6.45, 7) is 11.9. The van der Waals surface area contributed by atoms with E-state index in [-0.39, 0.29) is 6.04 Å². The fourth-order valence-electron chi connectivity index (χ4n) is 2.58. The number of rotatable bonds is 8. The van der Waals surface area contributed by atoms with Crippen LogP contribution < -0.4 is 5.73 Å². The van der Waals surface area contributed by atoms with Crippen molar-refractivity contribution in [2.75, 3.05) is 32.8 Å². The molecule has 17 heavy (non-hydrogen) atoms. The first kappa shape index (κ1) is 14.9. The van der Waals surface area contributed by atoms with Gasteiger partial charge < -0.3 is 15.4 Å². The number of likely N-dealkylation sites (N-methyl/N-ethyl adjacent to an activating group) is 1. The van der Waals surface area contributed by atoms with Crippen LogP contribution in [0.5, 0.6) is 0 Å². The molecule has 1 rings (SSSR count). The first-order valence-electron chi connectivity index (χ1n) is 7.26. The monoisotopic (exact) mass is 242 g/mol. The van der Waals surface area contributed by atoms with Crippen molar-refractivity contribution in [1.82, 2.24) is 4.90 Å². The van der Waals surface area contributed by atoms with Gasteiger partial charge in [0.05, 0.1) is 6.61 Å². The molecule has 3 heteroatoms. The molecule has 2 atom stereocenters. The van der Waals surface area contributed by atoms with Gasteiger partial charge in [-0.1, -0.05) is 33.6 Å². The number of ether oxygens (including phenoxy) is 1. The highest BCUT2D eigenvalue weighted by atomic mass is 16.5. The Kier molecular flexibility index (Phi) is 7.09. The summed E-state index contributed by atoms with van der Waals surface area (Å²) in [5.41, 5.74) is 6.29. The molecular formula is C14H30N2O. The van der Waals surface area contributed by atoms with E-state index in [9.17, 15) is 0 Å². The summed E-state index contributed by atoms with van der Waals surface area (Å²) in [4.78, 5) is 2.51. The first-order chi connectivity index (χ1) is 8.21. The van der Waals surface area contributed by atoms with Crippen LogP contribution in [0.2, 0.25) is 0 Å². The van der Waals surface area contributed by atoms with Crippen LogP contribution >= 0.6 is 0 Å². The Bertz CT molecular complexity index is 189. The summed E-state index contributed by atoms with van der Waals surface area (Å²) in [5.74, 6) is 1.40. The summed E-state index contributed by atoms with van der Waals surface area (Å²) in [6, 6.07) is 0.284. The van der Waals surface area contributed by atoms with Crippen molar-refractivity contribution in [2.45, 2.75) is 46.1 Å². The second-order valence-corrected chi connectivity index (χ2v) is 5.32. The van der Waals surface area contributed by atoms with Crippen molar-refractivity contribution in [3.05, 3.63) is 0 Å². The molecule has 2 unspecified atom stereocenters. The zero-order valence-corrected chi connectivity index (χ0v) is 11.8. The lowest BCUT2D eigenvalue weighted by Crippen LogP contribution is -2.44. The van der Waals surface area contributed by atoms with E-state index in [1.807, 2.05) is 0 Å². The molecule has 0 saturated carbocycles. The lowest BCUT2D eigenvalue weighted by atomic mass is 9.98. The van der Waals surface area contributed by atoms with Crippen LogP contribution in [0.3, 0.4) is 0 Å². The average molecular weight is 242 g/mol. The largest absolute Gasteiger partial charge is 0.381 e. The summed E-state index contributed by atoms with van der Waals surface area (Å²) in [6.07, 6.45) is 3.69. The van der Waals surface area contributed by atoms with Crippen LogP contribution in [0.4, 0.5) is 0 Å². The van der Waals surface area contributed by atoms with Gasteiger partial charge in [-0.3, -0.25) is 0 Å². The van der Waals surface area contributed by atoms with Gasteiger partial charge in [-0.15, -0.1) is 0 Å². The van der Waals surface area contributed by atoms with Crippen LogP contribution in [-0.4, -0.2) is 43.8 Å². The summed E-state index contributed by atoms with van der Waals surface area (Å²) in [7, 11) is 0. The lowest BCUT2D eigenvalue weighted by Gasteiger charge is -2.29. The Hall–Kier alpha value is -0.120. The normalized spacial score (nSPS) is 22.6. The molecule has 2 N–H and O–H groups in total. The predicted octanol–water partition coefficient (Wildman–Crippen LogP) is 2.11. The molecule has 0 aromatic carbocycles. The van der Waals surface area contributed by atoms with E-state index >= 15 is 0 Å². The highest BCUT2D eigenvalue weighted by Crippen LogP contribution is 2.17. The topological polar surface area (TPSA) is 38.5 Å². The molecule has 0 bridgehead atoms. The number of nitrogens with two attached hydrogens (primary N) is 1. The molecule has 0 aromatic heterocycles. The van der Waals surface area contributed by atoms with Crippen LogP contribution in [0.15, 0.2) is 0 Å². The first-order valence-corrected chi connectivity index (χ1v) is 7.26. The second kappa shape index (κ2) is 8.06. The summed E-state index contributed by atoms with van der Waals surface area (Å²) in [5, 5.41) is 0. The molecule has 1 aliphatic rings. The Balaban J connectivity index is 2.34. The van der Waals surface area contributed by atoms with Gasteiger partial charge in [0.15, 0.2) is 0 Å². The van der Waals surface area contributed by atoms with Gasteiger partial charge in [0.25, 0.3) is 0 Å². The van der Waals surface area contributed by atoms with Gasteiger partial charge in [-0.25, -0.2) is 0 Å². The molecule has 1 saturated heterocycles. The summed E-state index contributed by atoms with van der Waals surface area (Å²) < 4.78 is 5.42. The standard InChI is InChI=1S/C14H30N2O/c1-4-12(5-2)9-16(6-3)10-14(15)13-7-8-17-11-13/h12-14H,4-11,15H2,1-3H3. The molecule has 0 radical (unpaired) electrons. The van der Waals surface area contributed by atoms with Gasteiger partial charge in [0.1, 0.15) is 0 Å². The van der Waals surface area contributed by atoms with E-state index in [1.165, 1.54) is 19.4 Å². The molecular weight excluding hydrogens is 212 g/mol. The lowest BCUT2D eigenvalue weighted by molar-refractivity contribution is 0.165. The highest BCUT2D eigenvalue weighted by molar-refractivity contribution is 4.79. The minimum absolute atomic E-state index is 0.284. The predicted molar refractivity (Wildman–Crippen MR) is 73.1 cm³/mol. The van der Waals surface area contributed by atoms with E-state index in [2.05, 4.69) is 25.7 Å². The van der Waals surface area contributed by atoms with Crippen LogP contribution in [-0.2, 0) is 4.74 Å². The third-order valence-corrected chi connectivity index (χ3v) is 4.16. The van der Waals surface area contributed by atoms with Crippen LogP contribution in [0.25, 0.3) is 0 Å². The zero-order valence-electron chi connectivity index (χ0n) is 11.8. The molecule has 0 aliphatic carbocycles. The van der Waals surface area contributed by atoms with E-state index in [4.69, 9.17) is 10.5 Å². The third-order valence-electron chi connectivity index (χ3n) is 4.16. The van der Waals surface area contributed by atoms with Crippen molar-refractivity contribution in [2.24, 2.45) is 17.6 Å². The Morgan fingerprint density at radius 3 is 2.41 bits per heavy atom. The van der Waals surface area contributed by atoms with Crippen LogP contribution in [0.1, 0.15) is 40.0 Å². The average Bonchev–Trinajstić information content (AvgIpc) is 2.88. The maximum absolute atomic E-state index is 6.29. The van der Waals surface area contributed by atoms with Crippen LogP contribution in [0, 0.1) is 11.8 Å². The van der Waals surface area contributed by atoms with Gasteiger partial charge in [0.2, 0.25) is 0 Å². The number of hydrogen-bond donors (Lipinski definition) is 1. The highest BCUT2D eigenvalue weighted by Gasteiger charge is 2.24. The summed E-state index contributed by atoms with van der Waals surface area (Å²) >= 11 is 0. The molecule has 102 valence electrons. The van der Waals surface area contributed by atoms with Crippen molar-refractivity contribution in [3.63, 3.8) is 0 Å². The Morgan fingerprint density at radius 1 is 1.24 bits per heavy atom. The van der Waals surface area contributed by atoms with Gasteiger partial charge in [0, 0.05) is 31.7 Å². The quantitative estimate of drug-likeness (QED) is 0.708. The third kappa shape index (κ3) is 4.94. The van der Waals surface area contributed by atoms with Crippen molar-refractivity contribution >= 4 is 0 Å². The van der Waals surface area contributed by atoms with Crippen molar-refractivity contribution in [1.29, 1.82) is 0 Å². The minimum atomic E-state index is 0.284. The van der Waals surface area contributed by atoms with Gasteiger partial charge >= 0.3 is 0 Å². The zero-order chi connectivity index (χ0) is 12.7. The van der Waals surface area contributed by atoms with E-state index in [0.717, 1.165) is 38.6 Å². The molecule has 0 spiro atoms. The second-order valence-electron chi connectivity index (χ2n) is 5.32. The minimum Gasteiger partial charge on any atom is -0.381 e. The number of nitrogens with zero attached hydrogens (tertiary/aromatic N) is 1. The number of hydrogen-bond acceptors (Lipinski definition) is 3. The van der Waals surface area contributed by atoms with E-state index < -0.39 is 0 Å². The smallest absolute Gasteiger partial charge is 0.0510 e. The SMILES string of the molecule is CCC(CC)CN(CC)CC(N)C1CCOC1. The van der Waals surface area contributed by atoms with E-state index in [0.29, 0.717) is 5.92 Å². The van der Waals surface area contributed by atoms with E-state index in [1.54, 1.807) is 0 Å². The molecule has 3 nitrogen and oxygen atoms in total. The maximum Gasteiger partial charge on any atom is 0.0510 e. The molecule has 1 aliphatic heterocycles. The molecule has 0 aromatic rings. The van der Waals surface area contributed by atoms with Gasteiger partial charge in [-0.05, 0) is 18.9 Å².